The molecule has 11 heteroatoms. The summed E-state index contributed by atoms with van der Waals surface area (Å²) >= 11 is 0. The Morgan fingerprint density at radius 3 is 2.49 bits per heavy atom. The Morgan fingerprint density at radius 2 is 1.78 bits per heavy atom. The average Bonchev–Trinajstić information content (AvgIpc) is 2.93. The van der Waals surface area contributed by atoms with Gasteiger partial charge >= 0.3 is 6.36 Å². The minimum absolute atomic E-state index is 0.0356. The number of alkyl halides is 3. The number of benzene rings is 1. The zero-order valence-corrected chi connectivity index (χ0v) is 23.1. The minimum Gasteiger partial charge on any atom is -0.405 e. The molecule has 220 valence electrons. The Morgan fingerprint density at radius 1 is 1.05 bits per heavy atom. The number of nitriles is 1. The maximum Gasteiger partial charge on any atom is 0.573 e. The second-order valence-corrected chi connectivity index (χ2v) is 12.7. The van der Waals surface area contributed by atoms with E-state index in [1.165, 1.54) is 63.3 Å². The summed E-state index contributed by atoms with van der Waals surface area (Å²) in [4.78, 5) is 8.75. The van der Waals surface area contributed by atoms with E-state index in [-0.39, 0.29) is 23.7 Å². The number of hydrogen-bond acceptors (Lipinski definition) is 8. The van der Waals surface area contributed by atoms with Crippen LogP contribution >= 0.6 is 0 Å². The lowest BCUT2D eigenvalue weighted by Gasteiger charge is -2.61. The number of halogens is 3. The summed E-state index contributed by atoms with van der Waals surface area (Å²) in [7, 11) is 0. The molecule has 0 aliphatic heterocycles. The molecule has 2 atom stereocenters. The number of hydrogen-bond donors (Lipinski definition) is 4. The minimum atomic E-state index is -4.78. The van der Waals surface area contributed by atoms with E-state index >= 15 is 0 Å². The molecule has 5 saturated carbocycles. The fourth-order valence-electron chi connectivity index (χ4n) is 8.24. The first-order chi connectivity index (χ1) is 19.7. The molecule has 7 rings (SSSR count). The predicted octanol–water partition coefficient (Wildman–Crippen LogP) is 5.33. The van der Waals surface area contributed by atoms with Crippen molar-refractivity contribution >= 4 is 11.8 Å². The highest BCUT2D eigenvalue weighted by molar-refractivity contribution is 5.53. The van der Waals surface area contributed by atoms with Gasteiger partial charge in [-0.15, -0.1) is 13.2 Å². The van der Waals surface area contributed by atoms with E-state index in [1.807, 2.05) is 0 Å². The van der Waals surface area contributed by atoms with Crippen molar-refractivity contribution in [3.05, 3.63) is 41.6 Å². The fourth-order valence-corrected chi connectivity index (χ4v) is 8.24. The van der Waals surface area contributed by atoms with Crippen molar-refractivity contribution in [1.82, 2.24) is 15.3 Å². The van der Waals surface area contributed by atoms with Gasteiger partial charge in [-0.3, -0.25) is 0 Å². The van der Waals surface area contributed by atoms with Crippen LogP contribution in [-0.4, -0.2) is 41.0 Å². The first-order valence-corrected chi connectivity index (χ1v) is 14.8. The van der Waals surface area contributed by atoms with Crippen molar-refractivity contribution in [2.75, 3.05) is 17.2 Å². The van der Waals surface area contributed by atoms with E-state index in [1.54, 1.807) is 12.1 Å². The van der Waals surface area contributed by atoms with Crippen LogP contribution in [0.4, 0.5) is 24.9 Å². The third-order valence-corrected chi connectivity index (χ3v) is 9.78. The topological polar surface area (TPSA) is 121 Å². The maximum absolute atomic E-state index is 12.8. The van der Waals surface area contributed by atoms with Gasteiger partial charge in [-0.2, -0.15) is 10.2 Å². The summed E-state index contributed by atoms with van der Waals surface area (Å²) in [6, 6.07) is 9.65. The first-order valence-electron chi connectivity index (χ1n) is 14.8. The Kier molecular flexibility index (Phi) is 7.72. The highest BCUT2D eigenvalue weighted by Gasteiger charge is 2.55. The average molecular weight is 570 g/mol. The number of nitrogens with two attached hydrogens (primary N) is 1. The van der Waals surface area contributed by atoms with Crippen molar-refractivity contribution in [3.8, 4) is 11.8 Å². The Bertz CT molecular complexity index is 1260. The number of nitrogens with zero attached hydrogens (tertiary/aromatic N) is 3. The Balaban J connectivity index is 1.10. The lowest BCUT2D eigenvalue weighted by atomic mass is 9.47. The molecule has 8 nitrogen and oxygen atoms in total. The quantitative estimate of drug-likeness (QED) is 0.320. The van der Waals surface area contributed by atoms with Gasteiger partial charge in [0, 0.05) is 36.8 Å². The molecule has 2 unspecified atom stereocenters. The largest absolute Gasteiger partial charge is 0.573 e. The number of rotatable bonds is 9. The molecule has 5 aliphatic carbocycles. The molecule has 0 radical (unpaired) electrons. The van der Waals surface area contributed by atoms with Gasteiger partial charge in [-0.1, -0.05) is 18.2 Å². The van der Waals surface area contributed by atoms with Crippen molar-refractivity contribution < 1.29 is 17.9 Å². The third-order valence-electron chi connectivity index (χ3n) is 9.78. The van der Waals surface area contributed by atoms with Crippen molar-refractivity contribution in [1.29, 1.82) is 5.26 Å². The second kappa shape index (κ2) is 11.3. The Labute approximate surface area is 238 Å². The van der Waals surface area contributed by atoms with E-state index in [9.17, 15) is 18.4 Å². The number of anilines is 2. The number of ether oxygens (including phenoxy) is 1. The van der Waals surface area contributed by atoms with E-state index in [2.05, 4.69) is 36.7 Å². The van der Waals surface area contributed by atoms with Gasteiger partial charge in [0.05, 0.1) is 6.20 Å². The summed E-state index contributed by atoms with van der Waals surface area (Å²) in [6.45, 7) is 0.781. The van der Waals surface area contributed by atoms with Crippen LogP contribution in [0.3, 0.4) is 0 Å². The highest BCUT2D eigenvalue weighted by atomic mass is 19.4. The van der Waals surface area contributed by atoms with Crippen LogP contribution in [0.15, 0.2) is 30.5 Å². The normalized spacial score (nSPS) is 32.4. The van der Waals surface area contributed by atoms with Gasteiger partial charge in [0.1, 0.15) is 23.2 Å². The standard InChI is InChI=1S/C30H38F3N7O/c31-30(32,33)41-25-4-2-1-3-19(25)15-36-28-37-16-22(14-34)27(40-28)38-17-29-11-18-9-20(12-29)26(21(10-18)13-29)39-24-7-5-23(35)6-8-24/h1-4,16,18,20-21,23-24,26,39H,5-13,15,17,35H2,(H2,36,37,38,40). The van der Waals surface area contributed by atoms with Crippen LogP contribution in [0.5, 0.6) is 5.75 Å². The second-order valence-electron chi connectivity index (χ2n) is 12.7. The van der Waals surface area contributed by atoms with Gasteiger partial charge in [0.15, 0.2) is 0 Å². The predicted molar refractivity (Wildman–Crippen MR) is 149 cm³/mol. The molecule has 1 aromatic heterocycles. The van der Waals surface area contributed by atoms with Crippen LogP contribution in [-0.2, 0) is 6.54 Å². The summed E-state index contributed by atoms with van der Waals surface area (Å²) in [5, 5.41) is 20.2. The van der Waals surface area contributed by atoms with E-state index in [4.69, 9.17) is 5.73 Å². The molecule has 0 saturated heterocycles. The molecule has 5 fully saturated rings. The molecule has 2 aromatic rings. The first kappa shape index (κ1) is 28.0. The number of nitrogens with one attached hydrogen (secondary N) is 3. The lowest BCUT2D eigenvalue weighted by Crippen LogP contribution is -2.61. The monoisotopic (exact) mass is 569 g/mol. The summed E-state index contributed by atoms with van der Waals surface area (Å²) < 4.78 is 42.5. The summed E-state index contributed by atoms with van der Waals surface area (Å²) in [5.41, 5.74) is 6.98. The zero-order valence-electron chi connectivity index (χ0n) is 23.1. The maximum atomic E-state index is 12.8. The summed E-state index contributed by atoms with van der Waals surface area (Å²) in [5.74, 6) is 2.51. The fraction of sp³-hybridized carbons (Fsp3) is 0.633. The lowest BCUT2D eigenvalue weighted by molar-refractivity contribution is -0.274. The molecule has 1 heterocycles. The summed E-state index contributed by atoms with van der Waals surface area (Å²) in [6.07, 6.45) is 7.38. The van der Waals surface area contributed by atoms with Crippen molar-refractivity contribution in [2.45, 2.75) is 88.8 Å². The van der Waals surface area contributed by atoms with Crippen LogP contribution in [0.2, 0.25) is 0 Å². The van der Waals surface area contributed by atoms with Gasteiger partial charge in [-0.25, -0.2) is 4.98 Å². The van der Waals surface area contributed by atoms with Crippen LogP contribution in [0, 0.1) is 34.5 Å². The molecule has 0 amide bonds. The molecule has 0 spiro atoms. The Hall–Kier alpha value is -3.10. The van der Waals surface area contributed by atoms with Crippen molar-refractivity contribution in [2.24, 2.45) is 28.9 Å². The highest BCUT2D eigenvalue weighted by Crippen LogP contribution is 2.60. The third kappa shape index (κ3) is 6.38. The van der Waals surface area contributed by atoms with Crippen LogP contribution in [0.25, 0.3) is 0 Å². The molecular weight excluding hydrogens is 531 g/mol. The van der Waals surface area contributed by atoms with Gasteiger partial charge in [0.2, 0.25) is 5.95 Å². The van der Waals surface area contributed by atoms with Gasteiger partial charge in [0.25, 0.3) is 0 Å². The van der Waals surface area contributed by atoms with E-state index < -0.39 is 6.36 Å². The van der Waals surface area contributed by atoms with Gasteiger partial charge in [-0.05, 0) is 87.0 Å². The van der Waals surface area contributed by atoms with E-state index in [0.717, 1.165) is 25.3 Å². The van der Waals surface area contributed by atoms with Crippen molar-refractivity contribution in [3.63, 3.8) is 0 Å². The van der Waals surface area contributed by atoms with Gasteiger partial charge < -0.3 is 26.4 Å². The smallest absolute Gasteiger partial charge is 0.405 e. The SMILES string of the molecule is N#Cc1cnc(NCc2ccccc2OC(F)(F)F)nc1NCC12CC3CC(C1)C(NC1CCC(N)CC1)C(C3)C2. The van der Waals surface area contributed by atoms with E-state index in [0.29, 0.717) is 46.9 Å². The molecular formula is C30H38F3N7O. The molecule has 5 aliphatic rings. The van der Waals surface area contributed by atoms with Crippen LogP contribution in [0.1, 0.15) is 68.9 Å². The molecule has 1 aromatic carbocycles. The molecule has 4 bridgehead atoms. The molecule has 5 N–H and O–H groups in total. The van der Waals surface area contributed by atoms with Crippen LogP contribution < -0.4 is 26.4 Å². The zero-order chi connectivity index (χ0) is 28.6. The number of aromatic nitrogens is 2. The number of para-hydroxylation sites is 1. The molecule has 41 heavy (non-hydrogen) atoms.